The zero-order chi connectivity index (χ0) is 13.8. The van der Waals surface area contributed by atoms with Crippen LogP contribution in [0.3, 0.4) is 0 Å². The van der Waals surface area contributed by atoms with Crippen LogP contribution in [-0.4, -0.2) is 28.4 Å². The third-order valence-electron chi connectivity index (χ3n) is 4.16. The first-order valence-corrected chi connectivity index (χ1v) is 8.81. The SMILES string of the molecule is Cc1ccc(CN(C2=NCCCS2)C2CCCCC2)o1. The van der Waals surface area contributed by atoms with E-state index in [0.29, 0.717) is 6.04 Å². The quantitative estimate of drug-likeness (QED) is 0.835. The van der Waals surface area contributed by atoms with E-state index in [1.807, 2.05) is 18.7 Å². The molecular weight excluding hydrogens is 268 g/mol. The molecule has 0 unspecified atom stereocenters. The van der Waals surface area contributed by atoms with Crippen LogP contribution in [0.15, 0.2) is 21.5 Å². The predicted octanol–water partition coefficient (Wildman–Crippen LogP) is 4.22. The lowest BCUT2D eigenvalue weighted by molar-refractivity contribution is 0.226. The summed E-state index contributed by atoms with van der Waals surface area (Å²) in [5, 5.41) is 1.25. The Hall–Kier alpha value is -0.900. The Bertz CT molecular complexity index is 463. The molecular formula is C16H24N2OS. The summed E-state index contributed by atoms with van der Waals surface area (Å²) in [5.41, 5.74) is 0. The summed E-state index contributed by atoms with van der Waals surface area (Å²) in [6.07, 6.45) is 7.93. The summed E-state index contributed by atoms with van der Waals surface area (Å²) in [6.45, 7) is 3.88. The van der Waals surface area contributed by atoms with Crippen molar-refractivity contribution in [3.05, 3.63) is 23.7 Å². The van der Waals surface area contributed by atoms with Crippen LogP contribution in [0.2, 0.25) is 0 Å². The highest BCUT2D eigenvalue weighted by atomic mass is 32.2. The molecule has 3 rings (SSSR count). The van der Waals surface area contributed by atoms with E-state index >= 15 is 0 Å². The number of hydrogen-bond donors (Lipinski definition) is 0. The molecule has 1 aliphatic carbocycles. The second-order valence-corrected chi connectivity index (χ2v) is 6.86. The van der Waals surface area contributed by atoms with E-state index in [9.17, 15) is 0 Å². The smallest absolute Gasteiger partial charge is 0.159 e. The third-order valence-corrected chi connectivity index (χ3v) is 5.28. The van der Waals surface area contributed by atoms with Crippen LogP contribution in [0.1, 0.15) is 50.0 Å². The Morgan fingerprint density at radius 3 is 2.75 bits per heavy atom. The average Bonchev–Trinajstić information content (AvgIpc) is 2.92. The normalized spacial score (nSPS) is 20.8. The molecule has 1 saturated carbocycles. The monoisotopic (exact) mass is 292 g/mol. The molecule has 0 radical (unpaired) electrons. The summed E-state index contributed by atoms with van der Waals surface area (Å²) in [6, 6.07) is 4.82. The number of aryl methyl sites for hydroxylation is 1. The van der Waals surface area contributed by atoms with Gasteiger partial charge in [0.25, 0.3) is 0 Å². The molecule has 2 heterocycles. The van der Waals surface area contributed by atoms with Gasteiger partial charge in [0.1, 0.15) is 11.5 Å². The zero-order valence-electron chi connectivity index (χ0n) is 12.3. The number of thioether (sulfide) groups is 1. The fourth-order valence-electron chi connectivity index (χ4n) is 3.11. The molecule has 0 aromatic carbocycles. The van der Waals surface area contributed by atoms with Crippen LogP contribution in [0.4, 0.5) is 0 Å². The number of hydrogen-bond acceptors (Lipinski definition) is 4. The Labute approximate surface area is 125 Å². The van der Waals surface area contributed by atoms with Crippen molar-refractivity contribution in [1.82, 2.24) is 4.90 Å². The third kappa shape index (κ3) is 3.40. The van der Waals surface area contributed by atoms with Crippen molar-refractivity contribution < 1.29 is 4.42 Å². The van der Waals surface area contributed by atoms with Gasteiger partial charge in [-0.05, 0) is 38.3 Å². The van der Waals surface area contributed by atoms with E-state index in [1.54, 1.807) is 0 Å². The fourth-order valence-corrected chi connectivity index (χ4v) is 4.12. The Kier molecular flexibility index (Phi) is 4.71. The second kappa shape index (κ2) is 6.70. The lowest BCUT2D eigenvalue weighted by Gasteiger charge is -2.36. The Morgan fingerprint density at radius 1 is 1.25 bits per heavy atom. The van der Waals surface area contributed by atoms with Gasteiger partial charge in [0, 0.05) is 18.3 Å². The maximum Gasteiger partial charge on any atom is 0.159 e. The van der Waals surface area contributed by atoms with Gasteiger partial charge in [-0.2, -0.15) is 0 Å². The molecule has 2 aliphatic rings. The van der Waals surface area contributed by atoms with Gasteiger partial charge >= 0.3 is 0 Å². The van der Waals surface area contributed by atoms with Gasteiger partial charge in [0.2, 0.25) is 0 Å². The van der Waals surface area contributed by atoms with Gasteiger partial charge in [-0.15, -0.1) is 0 Å². The van der Waals surface area contributed by atoms with Gasteiger partial charge in [-0.25, -0.2) is 0 Å². The minimum atomic E-state index is 0.651. The number of aliphatic imine (C=N–C) groups is 1. The number of rotatable bonds is 3. The van der Waals surface area contributed by atoms with Crippen LogP contribution >= 0.6 is 11.8 Å². The van der Waals surface area contributed by atoms with Crippen LogP contribution in [0.25, 0.3) is 0 Å². The van der Waals surface area contributed by atoms with Crippen LogP contribution < -0.4 is 0 Å². The lowest BCUT2D eigenvalue weighted by Crippen LogP contribution is -2.40. The van der Waals surface area contributed by atoms with Crippen molar-refractivity contribution in [3.8, 4) is 0 Å². The molecule has 1 aromatic rings. The van der Waals surface area contributed by atoms with E-state index in [4.69, 9.17) is 9.41 Å². The van der Waals surface area contributed by atoms with Gasteiger partial charge < -0.3 is 9.32 Å². The van der Waals surface area contributed by atoms with E-state index in [1.165, 1.54) is 49.4 Å². The molecule has 0 N–H and O–H groups in total. The molecule has 1 fully saturated rings. The van der Waals surface area contributed by atoms with Gasteiger partial charge in [0.15, 0.2) is 5.17 Å². The van der Waals surface area contributed by atoms with Crippen molar-refractivity contribution in [3.63, 3.8) is 0 Å². The minimum absolute atomic E-state index is 0.651. The van der Waals surface area contributed by atoms with Gasteiger partial charge in [0.05, 0.1) is 6.54 Å². The largest absolute Gasteiger partial charge is 0.464 e. The predicted molar refractivity (Wildman–Crippen MR) is 85.2 cm³/mol. The average molecular weight is 292 g/mol. The Balaban J connectivity index is 1.76. The first-order chi connectivity index (χ1) is 9.83. The molecule has 20 heavy (non-hydrogen) atoms. The van der Waals surface area contributed by atoms with E-state index in [-0.39, 0.29) is 0 Å². The van der Waals surface area contributed by atoms with Crippen molar-refractivity contribution >= 4 is 16.9 Å². The second-order valence-electron chi connectivity index (χ2n) is 5.80. The van der Waals surface area contributed by atoms with E-state index in [2.05, 4.69) is 17.0 Å². The van der Waals surface area contributed by atoms with Gasteiger partial charge in [-0.1, -0.05) is 31.0 Å². The molecule has 3 nitrogen and oxygen atoms in total. The maximum absolute atomic E-state index is 5.79. The number of nitrogens with zero attached hydrogens (tertiary/aromatic N) is 2. The fraction of sp³-hybridized carbons (Fsp3) is 0.688. The molecule has 110 valence electrons. The van der Waals surface area contributed by atoms with E-state index < -0.39 is 0 Å². The first kappa shape index (κ1) is 14.1. The highest BCUT2D eigenvalue weighted by Gasteiger charge is 2.26. The van der Waals surface area contributed by atoms with Crippen molar-refractivity contribution in [2.24, 2.45) is 4.99 Å². The lowest BCUT2D eigenvalue weighted by atomic mass is 9.94. The van der Waals surface area contributed by atoms with Gasteiger partial charge in [-0.3, -0.25) is 4.99 Å². The van der Waals surface area contributed by atoms with Crippen molar-refractivity contribution in [2.45, 2.75) is 58.0 Å². The number of furan rings is 1. The van der Waals surface area contributed by atoms with Crippen molar-refractivity contribution in [1.29, 1.82) is 0 Å². The van der Waals surface area contributed by atoms with Crippen LogP contribution in [0.5, 0.6) is 0 Å². The van der Waals surface area contributed by atoms with Crippen LogP contribution in [0, 0.1) is 6.92 Å². The summed E-state index contributed by atoms with van der Waals surface area (Å²) < 4.78 is 5.79. The molecule has 4 heteroatoms. The van der Waals surface area contributed by atoms with Crippen molar-refractivity contribution in [2.75, 3.05) is 12.3 Å². The van der Waals surface area contributed by atoms with E-state index in [0.717, 1.165) is 24.6 Å². The molecule has 1 aliphatic heterocycles. The molecule has 1 aromatic heterocycles. The zero-order valence-corrected chi connectivity index (χ0v) is 13.1. The summed E-state index contributed by atoms with van der Waals surface area (Å²) in [7, 11) is 0. The summed E-state index contributed by atoms with van der Waals surface area (Å²) >= 11 is 1.93. The highest BCUT2D eigenvalue weighted by molar-refractivity contribution is 8.13. The van der Waals surface area contributed by atoms with Crippen LogP contribution in [-0.2, 0) is 6.54 Å². The molecule has 0 atom stereocenters. The summed E-state index contributed by atoms with van der Waals surface area (Å²) in [5.74, 6) is 3.28. The summed E-state index contributed by atoms with van der Waals surface area (Å²) in [4.78, 5) is 7.29. The molecule has 0 amide bonds. The first-order valence-electron chi connectivity index (χ1n) is 7.82. The standard InChI is InChI=1S/C16H24N2OS/c1-13-8-9-15(19-13)12-18(14-6-3-2-4-7-14)16-17-10-5-11-20-16/h8-9,14H,2-7,10-12H2,1H3. The Morgan fingerprint density at radius 2 is 2.10 bits per heavy atom. The topological polar surface area (TPSA) is 28.7 Å². The molecule has 0 spiro atoms. The highest BCUT2D eigenvalue weighted by Crippen LogP contribution is 2.28. The molecule has 0 bridgehead atoms. The molecule has 0 saturated heterocycles. The maximum atomic E-state index is 5.79. The minimum Gasteiger partial charge on any atom is -0.464 e. The number of amidine groups is 1.